The Bertz CT molecular complexity index is 809. The van der Waals surface area contributed by atoms with E-state index in [0.29, 0.717) is 22.8 Å². The fraction of sp³-hybridized carbons (Fsp3) is 0.0556. The highest BCUT2D eigenvalue weighted by Crippen LogP contribution is 2.23. The Kier molecular flexibility index (Phi) is 3.84. The van der Waals surface area contributed by atoms with Crippen molar-refractivity contribution in [2.24, 2.45) is 0 Å². The SMILES string of the molecule is O=C(Cc1ccc(Br)cc1)c1ccc(F)c2ccccc12. The van der Waals surface area contributed by atoms with E-state index >= 15 is 0 Å². The van der Waals surface area contributed by atoms with E-state index in [1.54, 1.807) is 24.3 Å². The number of hydrogen-bond acceptors (Lipinski definition) is 1. The molecule has 0 saturated carbocycles. The third-order valence-corrected chi connectivity index (χ3v) is 3.98. The predicted molar refractivity (Wildman–Crippen MR) is 86.1 cm³/mol. The van der Waals surface area contributed by atoms with E-state index in [1.807, 2.05) is 30.3 Å². The third-order valence-electron chi connectivity index (χ3n) is 3.45. The summed E-state index contributed by atoms with van der Waals surface area (Å²) in [6, 6.07) is 17.6. The van der Waals surface area contributed by atoms with Gasteiger partial charge in [0.2, 0.25) is 0 Å². The van der Waals surface area contributed by atoms with Crippen molar-refractivity contribution in [1.29, 1.82) is 0 Å². The molecule has 21 heavy (non-hydrogen) atoms. The molecule has 0 aliphatic carbocycles. The molecule has 0 spiro atoms. The number of Topliss-reactive ketones (excluding diaryl/α,β-unsaturated/α-hetero) is 1. The summed E-state index contributed by atoms with van der Waals surface area (Å²) in [4.78, 5) is 12.5. The van der Waals surface area contributed by atoms with Crippen LogP contribution in [0.4, 0.5) is 4.39 Å². The van der Waals surface area contributed by atoms with Crippen molar-refractivity contribution < 1.29 is 9.18 Å². The minimum absolute atomic E-state index is 0.00600. The highest BCUT2D eigenvalue weighted by molar-refractivity contribution is 9.10. The van der Waals surface area contributed by atoms with Gasteiger partial charge in [-0.2, -0.15) is 0 Å². The average molecular weight is 343 g/mol. The molecule has 0 amide bonds. The van der Waals surface area contributed by atoms with E-state index in [-0.39, 0.29) is 11.6 Å². The Morgan fingerprint density at radius 1 is 0.905 bits per heavy atom. The zero-order chi connectivity index (χ0) is 14.8. The lowest BCUT2D eigenvalue weighted by molar-refractivity contribution is 0.0994. The first-order chi connectivity index (χ1) is 10.1. The van der Waals surface area contributed by atoms with Crippen LogP contribution in [0.2, 0.25) is 0 Å². The first kappa shape index (κ1) is 14.0. The van der Waals surface area contributed by atoms with Crippen LogP contribution in [0.3, 0.4) is 0 Å². The van der Waals surface area contributed by atoms with Crippen molar-refractivity contribution in [2.45, 2.75) is 6.42 Å². The molecule has 0 heterocycles. The number of hydrogen-bond donors (Lipinski definition) is 0. The quantitative estimate of drug-likeness (QED) is 0.600. The minimum Gasteiger partial charge on any atom is -0.294 e. The van der Waals surface area contributed by atoms with E-state index in [2.05, 4.69) is 15.9 Å². The summed E-state index contributed by atoms with van der Waals surface area (Å²) in [5.74, 6) is -0.306. The summed E-state index contributed by atoms with van der Waals surface area (Å²) in [5.41, 5.74) is 1.51. The predicted octanol–water partition coefficient (Wildman–Crippen LogP) is 5.17. The number of benzene rings is 3. The summed E-state index contributed by atoms with van der Waals surface area (Å²) < 4.78 is 14.8. The number of ketones is 1. The number of carbonyl (C=O) groups excluding carboxylic acids is 1. The fourth-order valence-corrected chi connectivity index (χ4v) is 2.65. The highest BCUT2D eigenvalue weighted by atomic mass is 79.9. The number of carbonyl (C=O) groups is 1. The molecule has 0 saturated heterocycles. The van der Waals surface area contributed by atoms with Gasteiger partial charge in [0.05, 0.1) is 0 Å². The lowest BCUT2D eigenvalue weighted by Crippen LogP contribution is -2.04. The lowest BCUT2D eigenvalue weighted by Gasteiger charge is -2.07. The summed E-state index contributed by atoms with van der Waals surface area (Å²) in [6.07, 6.45) is 0.308. The molecule has 0 N–H and O–H groups in total. The number of fused-ring (bicyclic) bond motifs is 1. The van der Waals surface area contributed by atoms with Crippen LogP contribution in [0.15, 0.2) is 65.1 Å². The van der Waals surface area contributed by atoms with Gasteiger partial charge >= 0.3 is 0 Å². The van der Waals surface area contributed by atoms with Crippen LogP contribution in [0.25, 0.3) is 10.8 Å². The van der Waals surface area contributed by atoms with Crippen LogP contribution in [-0.2, 0) is 6.42 Å². The summed E-state index contributed by atoms with van der Waals surface area (Å²) in [7, 11) is 0. The third kappa shape index (κ3) is 2.88. The smallest absolute Gasteiger partial charge is 0.167 e. The molecule has 0 aliphatic rings. The molecular weight excluding hydrogens is 331 g/mol. The van der Waals surface area contributed by atoms with Crippen molar-refractivity contribution in [3.63, 3.8) is 0 Å². The van der Waals surface area contributed by atoms with Crippen LogP contribution in [0.5, 0.6) is 0 Å². The van der Waals surface area contributed by atoms with Gasteiger partial charge in [-0.05, 0) is 35.2 Å². The normalized spacial score (nSPS) is 10.8. The van der Waals surface area contributed by atoms with E-state index in [9.17, 15) is 9.18 Å². The number of rotatable bonds is 3. The second-order valence-corrected chi connectivity index (χ2v) is 5.78. The maximum absolute atomic E-state index is 13.8. The molecule has 0 unspecified atom stereocenters. The summed E-state index contributed by atoms with van der Waals surface area (Å²) in [5, 5.41) is 1.15. The molecule has 104 valence electrons. The van der Waals surface area contributed by atoms with Gasteiger partial charge in [0.25, 0.3) is 0 Å². The standard InChI is InChI=1S/C18H12BrFO/c19-13-7-5-12(6-8-13)11-18(21)16-9-10-17(20)15-4-2-1-3-14(15)16/h1-10H,11H2. The van der Waals surface area contributed by atoms with Gasteiger partial charge < -0.3 is 0 Å². The Morgan fingerprint density at radius 2 is 1.57 bits per heavy atom. The van der Waals surface area contributed by atoms with E-state index in [1.165, 1.54) is 6.07 Å². The van der Waals surface area contributed by atoms with Crippen molar-refractivity contribution in [3.05, 3.63) is 82.1 Å². The minimum atomic E-state index is -0.300. The summed E-state index contributed by atoms with van der Waals surface area (Å²) in [6.45, 7) is 0. The van der Waals surface area contributed by atoms with Gasteiger partial charge in [-0.25, -0.2) is 4.39 Å². The molecule has 3 aromatic rings. The molecule has 0 bridgehead atoms. The monoisotopic (exact) mass is 342 g/mol. The Morgan fingerprint density at radius 3 is 2.29 bits per heavy atom. The first-order valence-corrected chi connectivity index (χ1v) is 7.39. The van der Waals surface area contributed by atoms with Crippen molar-refractivity contribution >= 4 is 32.5 Å². The Labute approximate surface area is 130 Å². The zero-order valence-corrected chi connectivity index (χ0v) is 12.7. The molecule has 3 aromatic carbocycles. The molecule has 0 atom stereocenters. The average Bonchev–Trinajstić information content (AvgIpc) is 2.50. The van der Waals surface area contributed by atoms with E-state index < -0.39 is 0 Å². The first-order valence-electron chi connectivity index (χ1n) is 6.60. The van der Waals surface area contributed by atoms with E-state index in [4.69, 9.17) is 0 Å². The van der Waals surface area contributed by atoms with Gasteiger partial charge in [0, 0.05) is 21.8 Å². The highest BCUT2D eigenvalue weighted by Gasteiger charge is 2.12. The van der Waals surface area contributed by atoms with Crippen molar-refractivity contribution in [2.75, 3.05) is 0 Å². The maximum atomic E-state index is 13.8. The van der Waals surface area contributed by atoms with Gasteiger partial charge in [0.1, 0.15) is 5.82 Å². The van der Waals surface area contributed by atoms with Gasteiger partial charge in [0.15, 0.2) is 5.78 Å². The zero-order valence-electron chi connectivity index (χ0n) is 11.1. The Balaban J connectivity index is 1.98. The largest absolute Gasteiger partial charge is 0.294 e. The lowest BCUT2D eigenvalue weighted by atomic mass is 9.97. The molecule has 3 heteroatoms. The fourth-order valence-electron chi connectivity index (χ4n) is 2.39. The second-order valence-electron chi connectivity index (χ2n) is 4.87. The molecule has 0 fully saturated rings. The second kappa shape index (κ2) is 5.78. The van der Waals surface area contributed by atoms with Crippen LogP contribution in [0.1, 0.15) is 15.9 Å². The number of halogens is 2. The molecule has 1 nitrogen and oxygen atoms in total. The molecule has 0 aromatic heterocycles. The topological polar surface area (TPSA) is 17.1 Å². The molecule has 3 rings (SSSR count). The molecule has 0 aliphatic heterocycles. The van der Waals surface area contributed by atoms with Crippen LogP contribution in [0, 0.1) is 5.82 Å². The van der Waals surface area contributed by atoms with Crippen molar-refractivity contribution in [1.82, 2.24) is 0 Å². The van der Waals surface area contributed by atoms with E-state index in [0.717, 1.165) is 10.0 Å². The summed E-state index contributed by atoms with van der Waals surface area (Å²) >= 11 is 3.37. The van der Waals surface area contributed by atoms with Gasteiger partial charge in [-0.3, -0.25) is 4.79 Å². The molecular formula is C18H12BrFO. The molecule has 0 radical (unpaired) electrons. The van der Waals surface area contributed by atoms with Crippen molar-refractivity contribution in [3.8, 4) is 0 Å². The van der Waals surface area contributed by atoms with Gasteiger partial charge in [-0.1, -0.05) is 52.3 Å². The van der Waals surface area contributed by atoms with Gasteiger partial charge in [-0.15, -0.1) is 0 Å². The van der Waals surface area contributed by atoms with Crippen LogP contribution >= 0.6 is 15.9 Å². The van der Waals surface area contributed by atoms with Crippen LogP contribution in [-0.4, -0.2) is 5.78 Å². The maximum Gasteiger partial charge on any atom is 0.167 e. The van der Waals surface area contributed by atoms with Crippen LogP contribution < -0.4 is 0 Å². The Hall–Kier alpha value is -2.00.